The fraction of sp³-hybridized carbons (Fsp3) is 0.421. The molecule has 3 rings (SSSR count). The fourth-order valence-electron chi connectivity index (χ4n) is 3.63. The molecule has 144 valence electrons. The molecular formula is C19H21ClN2O3S2. The third-order valence-electron chi connectivity index (χ3n) is 5.21. The van der Waals surface area contributed by atoms with Crippen LogP contribution < -0.4 is 4.90 Å². The Hall–Kier alpha value is -1.57. The quantitative estimate of drug-likeness (QED) is 0.575. The molecule has 0 spiro atoms. The van der Waals surface area contributed by atoms with Crippen molar-refractivity contribution in [3.05, 3.63) is 33.2 Å². The largest absolute Gasteiger partial charge is 0.480 e. The molecule has 0 aromatic heterocycles. The molecule has 0 saturated carbocycles. The number of hydrogen-bond acceptors (Lipinski definition) is 5. The number of benzene rings is 1. The lowest BCUT2D eigenvalue weighted by molar-refractivity contribution is -0.140. The average molecular weight is 425 g/mol. The number of carbonyl (C=O) groups excluding carboxylic acids is 1. The summed E-state index contributed by atoms with van der Waals surface area (Å²) < 4.78 is 0.248. The van der Waals surface area contributed by atoms with Gasteiger partial charge in [-0.25, -0.2) is 0 Å². The average Bonchev–Trinajstić information content (AvgIpc) is 2.81. The Bertz CT molecular complexity index is 882. The molecule has 1 N–H and O–H groups in total. The lowest BCUT2D eigenvalue weighted by Crippen LogP contribution is -2.45. The summed E-state index contributed by atoms with van der Waals surface area (Å²) in [5, 5.41) is 9.50. The summed E-state index contributed by atoms with van der Waals surface area (Å²) in [6.45, 7) is 6.18. The number of fused-ring (bicyclic) bond motifs is 1. The van der Waals surface area contributed by atoms with Gasteiger partial charge < -0.3 is 10.0 Å². The summed E-state index contributed by atoms with van der Waals surface area (Å²) in [5.74, 6) is -1.14. The number of carboxylic acids is 1. The van der Waals surface area contributed by atoms with Crippen molar-refractivity contribution in [1.82, 2.24) is 4.90 Å². The van der Waals surface area contributed by atoms with E-state index < -0.39 is 18.4 Å². The summed E-state index contributed by atoms with van der Waals surface area (Å²) >= 11 is 12.8. The van der Waals surface area contributed by atoms with Gasteiger partial charge in [-0.3, -0.25) is 14.5 Å². The van der Waals surface area contributed by atoms with Crippen LogP contribution in [-0.2, 0) is 9.59 Å². The summed E-state index contributed by atoms with van der Waals surface area (Å²) in [6, 6.07) is 3.97. The molecule has 1 amide bonds. The van der Waals surface area contributed by atoms with Crippen molar-refractivity contribution in [1.29, 1.82) is 0 Å². The first kappa shape index (κ1) is 20.2. The second-order valence-electron chi connectivity index (χ2n) is 7.57. The van der Waals surface area contributed by atoms with Gasteiger partial charge in [0.25, 0.3) is 5.91 Å². The van der Waals surface area contributed by atoms with Crippen LogP contribution in [0.25, 0.3) is 6.08 Å². The van der Waals surface area contributed by atoms with Crippen LogP contribution in [0.1, 0.15) is 44.2 Å². The number of nitrogens with zero attached hydrogens (tertiary/aromatic N) is 2. The molecule has 1 atom stereocenters. The first-order valence-corrected chi connectivity index (χ1v) is 10.2. The highest BCUT2D eigenvalue weighted by Crippen LogP contribution is 2.45. The Morgan fingerprint density at radius 1 is 1.48 bits per heavy atom. The smallest absolute Gasteiger partial charge is 0.323 e. The summed E-state index contributed by atoms with van der Waals surface area (Å²) in [5.41, 5.74) is 3.07. The number of carboxylic acid groups (broad SMARTS) is 1. The second-order valence-corrected chi connectivity index (χ2v) is 9.65. The maximum atomic E-state index is 12.5. The second kappa shape index (κ2) is 7.11. The minimum atomic E-state index is -1.10. The zero-order valence-electron chi connectivity index (χ0n) is 15.6. The van der Waals surface area contributed by atoms with E-state index in [0.717, 1.165) is 34.3 Å². The lowest BCUT2D eigenvalue weighted by Gasteiger charge is -2.45. The number of anilines is 1. The number of thioether (sulfide) groups is 1. The van der Waals surface area contributed by atoms with Crippen LogP contribution in [0.3, 0.4) is 0 Å². The third kappa shape index (κ3) is 3.73. The Morgan fingerprint density at radius 3 is 2.78 bits per heavy atom. The van der Waals surface area contributed by atoms with E-state index in [1.807, 2.05) is 12.1 Å². The molecule has 1 unspecified atom stereocenters. The first-order chi connectivity index (χ1) is 12.5. The van der Waals surface area contributed by atoms with Crippen molar-refractivity contribution >= 4 is 63.5 Å². The van der Waals surface area contributed by atoms with Crippen LogP contribution in [0.2, 0.25) is 5.02 Å². The number of thiocarbonyl (C=S) groups is 1. The predicted molar refractivity (Wildman–Crippen MR) is 114 cm³/mol. The molecule has 0 aliphatic carbocycles. The van der Waals surface area contributed by atoms with E-state index in [2.05, 4.69) is 32.7 Å². The highest BCUT2D eigenvalue weighted by Gasteiger charge is 2.36. The molecule has 2 aliphatic rings. The van der Waals surface area contributed by atoms with E-state index in [0.29, 0.717) is 15.8 Å². The standard InChI is InChI=1S/C19H21ClN2O3S2/c1-10-8-19(2,3)21(4)14-7-13(20)11(5-12(10)14)6-15-17(25)22(9-16(23)24)18(26)27-15/h5-7,10H,8-9H2,1-4H3,(H,23,24)/b15-6-. The zero-order chi connectivity index (χ0) is 20.1. The minimum Gasteiger partial charge on any atom is -0.480 e. The Morgan fingerprint density at radius 2 is 2.15 bits per heavy atom. The highest BCUT2D eigenvalue weighted by atomic mass is 35.5. The van der Waals surface area contributed by atoms with Crippen LogP contribution in [0.15, 0.2) is 17.0 Å². The molecule has 1 saturated heterocycles. The van der Waals surface area contributed by atoms with Gasteiger partial charge in [0.1, 0.15) is 10.9 Å². The maximum Gasteiger partial charge on any atom is 0.323 e. The number of rotatable bonds is 3. The third-order valence-corrected chi connectivity index (χ3v) is 6.91. The molecule has 27 heavy (non-hydrogen) atoms. The SMILES string of the molecule is CC1CC(C)(C)N(C)c2cc(Cl)c(/C=C3\SC(=S)N(CC(=O)O)C3=O)cc21. The molecule has 1 aromatic rings. The number of aliphatic carboxylic acids is 1. The van der Waals surface area contributed by atoms with Crippen molar-refractivity contribution in [2.24, 2.45) is 0 Å². The van der Waals surface area contributed by atoms with Gasteiger partial charge in [0.2, 0.25) is 0 Å². The van der Waals surface area contributed by atoms with Crippen molar-refractivity contribution in [2.75, 3.05) is 18.5 Å². The maximum absolute atomic E-state index is 12.5. The van der Waals surface area contributed by atoms with Gasteiger partial charge in [-0.2, -0.15) is 0 Å². The lowest BCUT2D eigenvalue weighted by atomic mass is 9.80. The molecule has 0 bridgehead atoms. The van der Waals surface area contributed by atoms with Crippen LogP contribution in [-0.4, -0.2) is 45.3 Å². The zero-order valence-corrected chi connectivity index (χ0v) is 18.0. The summed E-state index contributed by atoms with van der Waals surface area (Å²) in [4.78, 5) is 27.2. The van der Waals surface area contributed by atoms with Crippen molar-refractivity contribution in [3.8, 4) is 0 Å². The van der Waals surface area contributed by atoms with Gasteiger partial charge >= 0.3 is 5.97 Å². The number of halogens is 1. The van der Waals surface area contributed by atoms with E-state index >= 15 is 0 Å². The number of amides is 1. The number of carbonyl (C=O) groups is 2. The van der Waals surface area contributed by atoms with Gasteiger partial charge in [0.15, 0.2) is 0 Å². The molecule has 5 nitrogen and oxygen atoms in total. The van der Waals surface area contributed by atoms with Crippen LogP contribution in [0, 0.1) is 0 Å². The van der Waals surface area contributed by atoms with Gasteiger partial charge in [-0.15, -0.1) is 0 Å². The van der Waals surface area contributed by atoms with Gasteiger partial charge in [0, 0.05) is 23.3 Å². The van der Waals surface area contributed by atoms with E-state index in [-0.39, 0.29) is 9.86 Å². The Balaban J connectivity index is 1.99. The van der Waals surface area contributed by atoms with E-state index in [1.165, 1.54) is 5.56 Å². The molecule has 2 heterocycles. The molecule has 1 fully saturated rings. The molecule has 8 heteroatoms. The molecule has 1 aromatic carbocycles. The van der Waals surface area contributed by atoms with Gasteiger partial charge in [-0.1, -0.05) is 42.5 Å². The van der Waals surface area contributed by atoms with E-state index in [1.54, 1.807) is 6.08 Å². The highest BCUT2D eigenvalue weighted by molar-refractivity contribution is 8.26. The predicted octanol–water partition coefficient (Wildman–Crippen LogP) is 4.35. The number of hydrogen-bond donors (Lipinski definition) is 1. The van der Waals surface area contributed by atoms with Crippen molar-refractivity contribution < 1.29 is 14.7 Å². The van der Waals surface area contributed by atoms with Gasteiger partial charge in [0.05, 0.1) is 4.91 Å². The Kier molecular flexibility index (Phi) is 5.31. The summed E-state index contributed by atoms with van der Waals surface area (Å²) in [6.07, 6.45) is 2.72. The minimum absolute atomic E-state index is 0.0382. The normalized spacial score (nSPS) is 23.1. The van der Waals surface area contributed by atoms with Gasteiger partial charge in [-0.05, 0) is 55.5 Å². The Labute approximate surface area is 173 Å². The molecule has 2 aliphatic heterocycles. The van der Waals surface area contributed by atoms with E-state index in [4.69, 9.17) is 28.9 Å². The van der Waals surface area contributed by atoms with E-state index in [9.17, 15) is 9.59 Å². The van der Waals surface area contributed by atoms with Crippen LogP contribution in [0.4, 0.5) is 5.69 Å². The molecular weight excluding hydrogens is 404 g/mol. The van der Waals surface area contributed by atoms with Crippen LogP contribution >= 0.6 is 35.6 Å². The summed E-state index contributed by atoms with van der Waals surface area (Å²) in [7, 11) is 2.07. The van der Waals surface area contributed by atoms with Crippen LogP contribution in [0.5, 0.6) is 0 Å². The topological polar surface area (TPSA) is 60.9 Å². The fourth-order valence-corrected chi connectivity index (χ4v) is 5.09. The van der Waals surface area contributed by atoms with Crippen molar-refractivity contribution in [3.63, 3.8) is 0 Å². The van der Waals surface area contributed by atoms with Crippen molar-refractivity contribution in [2.45, 2.75) is 38.6 Å². The molecule has 0 radical (unpaired) electrons. The first-order valence-electron chi connectivity index (χ1n) is 8.55. The monoisotopic (exact) mass is 424 g/mol.